The molecule has 0 saturated carbocycles. The van der Waals surface area contributed by atoms with Crippen molar-refractivity contribution in [1.82, 2.24) is 0 Å². The van der Waals surface area contributed by atoms with E-state index in [1.165, 1.54) is 19.2 Å². The van der Waals surface area contributed by atoms with E-state index in [1.807, 2.05) is 0 Å². The molecule has 0 amide bonds. The van der Waals surface area contributed by atoms with E-state index in [9.17, 15) is 13.6 Å². The van der Waals surface area contributed by atoms with Crippen LogP contribution in [0.25, 0.3) is 0 Å². The quantitative estimate of drug-likeness (QED) is 0.677. The molecule has 0 unspecified atom stereocenters. The van der Waals surface area contributed by atoms with Crippen LogP contribution in [-0.2, 0) is 0 Å². The summed E-state index contributed by atoms with van der Waals surface area (Å²) in [6, 6.07) is 3.75. The highest BCUT2D eigenvalue weighted by molar-refractivity contribution is 5.76. The maximum Gasteiger partial charge on any atom is 0.264 e. The van der Waals surface area contributed by atoms with Gasteiger partial charge in [-0.3, -0.25) is 4.79 Å². The topological polar surface area (TPSA) is 26.3 Å². The molecule has 0 aromatic heterocycles. The van der Waals surface area contributed by atoms with E-state index in [2.05, 4.69) is 0 Å². The van der Waals surface area contributed by atoms with E-state index < -0.39 is 6.43 Å². The number of hydrogen-bond donors (Lipinski definition) is 0. The maximum absolute atomic E-state index is 12.2. The number of aldehydes is 1. The van der Waals surface area contributed by atoms with Crippen LogP contribution in [0.1, 0.15) is 22.3 Å². The number of hydrogen-bond acceptors (Lipinski definition) is 2. The largest absolute Gasteiger partial charge is 0.497 e. The summed E-state index contributed by atoms with van der Waals surface area (Å²) < 4.78 is 29.2. The molecule has 4 heteroatoms. The zero-order valence-electron chi connectivity index (χ0n) is 6.96. The van der Waals surface area contributed by atoms with Crippen LogP contribution in [-0.4, -0.2) is 13.4 Å². The summed E-state index contributed by atoms with van der Waals surface area (Å²) in [5.41, 5.74) is -0.0175. The van der Waals surface area contributed by atoms with E-state index >= 15 is 0 Å². The fourth-order valence-electron chi connectivity index (χ4n) is 0.958. The van der Waals surface area contributed by atoms with E-state index in [0.717, 1.165) is 6.07 Å². The summed E-state index contributed by atoms with van der Waals surface area (Å²) in [6.07, 6.45) is -2.08. The number of alkyl halides is 2. The van der Waals surface area contributed by atoms with Gasteiger partial charge in [-0.05, 0) is 18.2 Å². The molecule has 0 radical (unpaired) electrons. The number of methoxy groups -OCH3 is 1. The number of carbonyl (C=O) groups excluding carboxylic acids is 1. The van der Waals surface area contributed by atoms with Crippen molar-refractivity contribution in [3.63, 3.8) is 0 Å². The van der Waals surface area contributed by atoms with Gasteiger partial charge >= 0.3 is 0 Å². The molecule has 0 spiro atoms. The predicted molar refractivity (Wildman–Crippen MR) is 43.3 cm³/mol. The molecule has 2 nitrogen and oxygen atoms in total. The minimum atomic E-state index is -2.59. The van der Waals surface area contributed by atoms with Gasteiger partial charge in [0.15, 0.2) is 0 Å². The van der Waals surface area contributed by atoms with Gasteiger partial charge in [-0.2, -0.15) is 0 Å². The van der Waals surface area contributed by atoms with Crippen molar-refractivity contribution >= 4 is 6.29 Å². The van der Waals surface area contributed by atoms with Gasteiger partial charge in [0.05, 0.1) is 7.11 Å². The molecular formula is C9H8F2O2. The third kappa shape index (κ3) is 2.24. The second kappa shape index (κ2) is 3.98. The Morgan fingerprint density at radius 3 is 2.54 bits per heavy atom. The van der Waals surface area contributed by atoms with E-state index in [-0.39, 0.29) is 16.9 Å². The molecule has 0 saturated heterocycles. The average Bonchev–Trinajstić information content (AvgIpc) is 2.16. The molecule has 13 heavy (non-hydrogen) atoms. The first-order chi connectivity index (χ1) is 6.17. The first-order valence-electron chi connectivity index (χ1n) is 3.59. The molecule has 0 bridgehead atoms. The van der Waals surface area contributed by atoms with E-state index in [4.69, 9.17) is 4.74 Å². The van der Waals surface area contributed by atoms with Crippen LogP contribution >= 0.6 is 0 Å². The van der Waals surface area contributed by atoms with Crippen molar-refractivity contribution in [2.75, 3.05) is 7.11 Å². The van der Waals surface area contributed by atoms with Gasteiger partial charge in [0.1, 0.15) is 12.0 Å². The molecular weight excluding hydrogens is 178 g/mol. The van der Waals surface area contributed by atoms with Crippen LogP contribution < -0.4 is 4.74 Å². The average molecular weight is 186 g/mol. The number of benzene rings is 1. The summed E-state index contributed by atoms with van der Waals surface area (Å²) in [5, 5.41) is 0. The second-order valence-electron chi connectivity index (χ2n) is 2.46. The lowest BCUT2D eigenvalue weighted by molar-refractivity contribution is 0.112. The van der Waals surface area contributed by atoms with Crippen molar-refractivity contribution in [2.45, 2.75) is 6.43 Å². The van der Waals surface area contributed by atoms with Crippen molar-refractivity contribution in [3.8, 4) is 5.75 Å². The standard InChI is InChI=1S/C9H8F2O2/c1-13-8-3-6(5-12)2-7(4-8)9(10)11/h2-5,9H,1H3. The molecule has 1 rings (SSSR count). The lowest BCUT2D eigenvalue weighted by atomic mass is 10.1. The summed E-state index contributed by atoms with van der Waals surface area (Å²) in [4.78, 5) is 10.3. The first-order valence-corrected chi connectivity index (χ1v) is 3.59. The van der Waals surface area contributed by atoms with E-state index in [1.54, 1.807) is 0 Å². The molecule has 0 heterocycles. The van der Waals surface area contributed by atoms with E-state index in [0.29, 0.717) is 6.29 Å². The lowest BCUT2D eigenvalue weighted by Gasteiger charge is -2.04. The van der Waals surface area contributed by atoms with Crippen LogP contribution in [0.15, 0.2) is 18.2 Å². The Labute approximate surface area is 74.1 Å². The van der Waals surface area contributed by atoms with Gasteiger partial charge in [0.25, 0.3) is 6.43 Å². The Hall–Kier alpha value is -1.45. The van der Waals surface area contributed by atoms with Gasteiger partial charge in [-0.15, -0.1) is 0 Å². The highest BCUT2D eigenvalue weighted by atomic mass is 19.3. The summed E-state index contributed by atoms with van der Waals surface area (Å²) in [7, 11) is 1.36. The van der Waals surface area contributed by atoms with Crippen LogP contribution in [0.3, 0.4) is 0 Å². The summed E-state index contributed by atoms with van der Waals surface area (Å²) in [6.45, 7) is 0. The fraction of sp³-hybridized carbons (Fsp3) is 0.222. The van der Waals surface area contributed by atoms with Gasteiger partial charge in [-0.1, -0.05) is 0 Å². The van der Waals surface area contributed by atoms with Crippen LogP contribution in [0.5, 0.6) is 5.75 Å². The third-order valence-electron chi connectivity index (χ3n) is 1.57. The molecule has 0 fully saturated rings. The van der Waals surface area contributed by atoms with Gasteiger partial charge in [-0.25, -0.2) is 8.78 Å². The Morgan fingerprint density at radius 1 is 1.38 bits per heavy atom. The molecule has 70 valence electrons. The van der Waals surface area contributed by atoms with Crippen LogP contribution in [0.2, 0.25) is 0 Å². The molecule has 0 N–H and O–H groups in total. The summed E-state index contributed by atoms with van der Waals surface area (Å²) in [5.74, 6) is 0.264. The Kier molecular flexibility index (Phi) is 2.95. The van der Waals surface area contributed by atoms with Gasteiger partial charge < -0.3 is 4.74 Å². The van der Waals surface area contributed by atoms with Crippen molar-refractivity contribution in [2.24, 2.45) is 0 Å². The minimum Gasteiger partial charge on any atom is -0.497 e. The highest BCUT2D eigenvalue weighted by Crippen LogP contribution is 2.24. The zero-order chi connectivity index (χ0) is 9.84. The smallest absolute Gasteiger partial charge is 0.264 e. The number of rotatable bonds is 3. The third-order valence-corrected chi connectivity index (χ3v) is 1.57. The second-order valence-corrected chi connectivity index (χ2v) is 2.46. The summed E-state index contributed by atoms with van der Waals surface area (Å²) >= 11 is 0. The molecule has 0 aliphatic carbocycles. The predicted octanol–water partition coefficient (Wildman–Crippen LogP) is 2.45. The minimum absolute atomic E-state index is 0.189. The monoisotopic (exact) mass is 186 g/mol. The number of ether oxygens (including phenoxy) is 1. The van der Waals surface area contributed by atoms with Crippen LogP contribution in [0.4, 0.5) is 8.78 Å². The van der Waals surface area contributed by atoms with Gasteiger partial charge in [0, 0.05) is 11.1 Å². The molecule has 1 aromatic rings. The lowest BCUT2D eigenvalue weighted by Crippen LogP contribution is -1.91. The Balaban J connectivity index is 3.14. The van der Waals surface area contributed by atoms with Crippen molar-refractivity contribution in [1.29, 1.82) is 0 Å². The number of carbonyl (C=O) groups is 1. The van der Waals surface area contributed by atoms with Gasteiger partial charge in [0.2, 0.25) is 0 Å². The Bertz CT molecular complexity index is 310. The molecule has 0 atom stereocenters. The maximum atomic E-state index is 12.2. The zero-order valence-corrected chi connectivity index (χ0v) is 6.96. The highest BCUT2D eigenvalue weighted by Gasteiger charge is 2.09. The molecule has 1 aromatic carbocycles. The van der Waals surface area contributed by atoms with Crippen molar-refractivity contribution < 1.29 is 18.3 Å². The fourth-order valence-corrected chi connectivity index (χ4v) is 0.958. The SMILES string of the molecule is COc1cc(C=O)cc(C(F)F)c1. The first kappa shape index (κ1) is 9.64. The molecule has 0 aliphatic heterocycles. The number of halogens is 2. The van der Waals surface area contributed by atoms with Crippen molar-refractivity contribution in [3.05, 3.63) is 29.3 Å². The van der Waals surface area contributed by atoms with Crippen LogP contribution in [0, 0.1) is 0 Å². The Morgan fingerprint density at radius 2 is 2.08 bits per heavy atom. The molecule has 0 aliphatic rings. The normalized spacial score (nSPS) is 10.2.